The molecule has 0 fully saturated rings. The summed E-state index contributed by atoms with van der Waals surface area (Å²) < 4.78 is 42.0. The first kappa shape index (κ1) is 35.2. The predicted molar refractivity (Wildman–Crippen MR) is 144 cm³/mol. The summed E-state index contributed by atoms with van der Waals surface area (Å²) in [6, 6.07) is 0. The summed E-state index contributed by atoms with van der Waals surface area (Å²) in [5.41, 5.74) is 2.08. The van der Waals surface area contributed by atoms with Crippen LogP contribution in [0.25, 0.3) is 0 Å². The molecule has 1 unspecified atom stereocenters. The Labute approximate surface area is 234 Å². The number of unbranched alkanes of at least 4 members (excludes halogenated alkanes) is 7. The van der Waals surface area contributed by atoms with Gasteiger partial charge in [-0.05, 0) is 37.3 Å². The molecule has 0 aromatic carbocycles. The molecule has 1 N–H and O–H groups in total. The highest BCUT2D eigenvalue weighted by molar-refractivity contribution is 7.47. The number of carbonyl (C=O) groups is 2. The van der Waals surface area contributed by atoms with Crippen LogP contribution < -0.4 is 0 Å². The SMILES string of the molecule is CCCCCCCCCCOC[C@H](COP(=O)(O)OCC)OC(=O)CCOC(=O)OC1=CC=C=C([N+](=O)[O-])C=C1. The third kappa shape index (κ3) is 17.7. The highest BCUT2D eigenvalue weighted by Crippen LogP contribution is 2.43. The summed E-state index contributed by atoms with van der Waals surface area (Å²) in [5, 5.41) is 10.8. The Balaban J connectivity index is 2.41. The van der Waals surface area contributed by atoms with Crippen molar-refractivity contribution in [2.24, 2.45) is 0 Å². The summed E-state index contributed by atoms with van der Waals surface area (Å²) in [7, 11) is -4.31. The van der Waals surface area contributed by atoms with E-state index in [9.17, 15) is 29.2 Å². The van der Waals surface area contributed by atoms with Gasteiger partial charge >= 0.3 is 25.6 Å². The van der Waals surface area contributed by atoms with Crippen molar-refractivity contribution in [2.45, 2.75) is 77.7 Å². The monoisotopic (exact) mass is 589 g/mol. The zero-order valence-corrected chi connectivity index (χ0v) is 24.0. The van der Waals surface area contributed by atoms with Crippen LogP contribution in [0, 0.1) is 10.1 Å². The number of nitro groups is 1. The molecule has 0 saturated carbocycles. The third-order valence-corrected chi connectivity index (χ3v) is 6.33. The van der Waals surface area contributed by atoms with Crippen molar-refractivity contribution in [2.75, 3.05) is 33.0 Å². The van der Waals surface area contributed by atoms with Gasteiger partial charge in [-0.15, -0.1) is 0 Å². The summed E-state index contributed by atoms with van der Waals surface area (Å²) in [6.07, 6.45) is 11.4. The Morgan fingerprint density at radius 2 is 1.73 bits per heavy atom. The zero-order valence-electron chi connectivity index (χ0n) is 23.1. The summed E-state index contributed by atoms with van der Waals surface area (Å²) >= 11 is 0. The maximum Gasteiger partial charge on any atom is 0.513 e. The average molecular weight is 590 g/mol. The van der Waals surface area contributed by atoms with E-state index in [4.69, 9.17) is 23.5 Å². The molecule has 0 heterocycles. The molecule has 226 valence electrons. The van der Waals surface area contributed by atoms with Gasteiger partial charge in [0.1, 0.15) is 18.5 Å². The second-order valence-corrected chi connectivity index (χ2v) is 10.1. The van der Waals surface area contributed by atoms with Gasteiger partial charge in [0.05, 0.1) is 31.2 Å². The van der Waals surface area contributed by atoms with Gasteiger partial charge in [-0.1, -0.05) is 51.9 Å². The van der Waals surface area contributed by atoms with Crippen LogP contribution in [-0.4, -0.2) is 61.1 Å². The van der Waals surface area contributed by atoms with Gasteiger partial charge in [0.15, 0.2) is 0 Å². The number of hydrogen-bond acceptors (Lipinski definition) is 11. The van der Waals surface area contributed by atoms with E-state index in [0.717, 1.165) is 25.3 Å². The minimum absolute atomic E-state index is 0.0227. The lowest BCUT2D eigenvalue weighted by Gasteiger charge is -2.19. The van der Waals surface area contributed by atoms with Gasteiger partial charge in [-0.3, -0.25) is 24.0 Å². The molecule has 0 radical (unpaired) electrons. The van der Waals surface area contributed by atoms with Crippen LogP contribution >= 0.6 is 7.82 Å². The predicted octanol–water partition coefficient (Wildman–Crippen LogP) is 5.52. The van der Waals surface area contributed by atoms with Crippen LogP contribution in [0.15, 0.2) is 41.5 Å². The number of nitrogens with zero attached hydrogens (tertiary/aromatic N) is 1. The van der Waals surface area contributed by atoms with E-state index < -0.39 is 37.6 Å². The Hall–Kier alpha value is -2.79. The molecule has 0 spiro atoms. The van der Waals surface area contributed by atoms with Crippen molar-refractivity contribution in [1.82, 2.24) is 0 Å². The van der Waals surface area contributed by atoms with Crippen molar-refractivity contribution in [3.63, 3.8) is 0 Å². The molecule has 0 aliphatic heterocycles. The molecule has 0 saturated heterocycles. The van der Waals surface area contributed by atoms with Crippen molar-refractivity contribution in [1.29, 1.82) is 0 Å². The van der Waals surface area contributed by atoms with Gasteiger partial charge in [0, 0.05) is 12.7 Å². The fourth-order valence-corrected chi connectivity index (χ4v) is 4.05. The lowest BCUT2D eigenvalue weighted by Crippen LogP contribution is -2.29. The zero-order chi connectivity index (χ0) is 29.6. The Kier molecular flexibility index (Phi) is 18.5. The maximum atomic E-state index is 12.3. The number of phosphoric acid groups is 1. The summed E-state index contributed by atoms with van der Waals surface area (Å²) in [4.78, 5) is 43.9. The minimum atomic E-state index is -4.31. The summed E-state index contributed by atoms with van der Waals surface area (Å²) in [5.74, 6) is -0.789. The second-order valence-electron chi connectivity index (χ2n) is 8.65. The molecular formula is C26H40NO12P. The molecule has 1 aliphatic carbocycles. The lowest BCUT2D eigenvalue weighted by atomic mass is 10.1. The molecule has 14 heteroatoms. The third-order valence-electron chi connectivity index (χ3n) is 5.27. The van der Waals surface area contributed by atoms with Crippen molar-refractivity contribution < 1.29 is 52.0 Å². The van der Waals surface area contributed by atoms with E-state index in [-0.39, 0.29) is 37.7 Å². The number of phosphoric ester groups is 1. The van der Waals surface area contributed by atoms with Crippen LogP contribution in [0.4, 0.5) is 4.79 Å². The van der Waals surface area contributed by atoms with Gasteiger partial charge in [-0.25, -0.2) is 9.36 Å². The molecule has 0 aromatic heterocycles. The van der Waals surface area contributed by atoms with Crippen LogP contribution in [-0.2, 0) is 37.4 Å². The average Bonchev–Trinajstić information content (AvgIpc) is 3.14. The van der Waals surface area contributed by atoms with Crippen molar-refractivity contribution >= 4 is 19.9 Å². The largest absolute Gasteiger partial charge is 0.513 e. The molecular weight excluding hydrogens is 549 g/mol. The summed E-state index contributed by atoms with van der Waals surface area (Å²) in [6.45, 7) is 3.21. The number of hydrogen-bond donors (Lipinski definition) is 1. The fourth-order valence-electron chi connectivity index (χ4n) is 3.29. The Morgan fingerprint density at radius 3 is 2.40 bits per heavy atom. The minimum Gasteiger partial charge on any atom is -0.457 e. The number of esters is 1. The fraction of sp³-hybridized carbons (Fsp3) is 0.654. The lowest BCUT2D eigenvalue weighted by molar-refractivity contribution is -0.418. The molecule has 0 bridgehead atoms. The van der Waals surface area contributed by atoms with E-state index in [1.807, 2.05) is 0 Å². The van der Waals surface area contributed by atoms with E-state index in [1.165, 1.54) is 57.3 Å². The Morgan fingerprint density at radius 1 is 1.02 bits per heavy atom. The van der Waals surface area contributed by atoms with Gasteiger partial charge < -0.3 is 23.8 Å². The molecule has 1 rings (SSSR count). The highest BCUT2D eigenvalue weighted by Gasteiger charge is 2.25. The van der Waals surface area contributed by atoms with Crippen molar-refractivity contribution in [3.8, 4) is 0 Å². The van der Waals surface area contributed by atoms with Crippen molar-refractivity contribution in [3.05, 3.63) is 51.6 Å². The Bertz CT molecular complexity index is 971. The van der Waals surface area contributed by atoms with E-state index in [2.05, 4.69) is 17.2 Å². The number of ether oxygens (including phenoxy) is 4. The van der Waals surface area contributed by atoms with Gasteiger partial charge in [0.2, 0.25) is 0 Å². The molecule has 40 heavy (non-hydrogen) atoms. The molecule has 0 aromatic rings. The van der Waals surface area contributed by atoms with Crippen LogP contribution in [0.2, 0.25) is 0 Å². The number of rotatable bonds is 22. The quantitative estimate of drug-likeness (QED) is 0.0419. The molecule has 1 aliphatic rings. The first-order chi connectivity index (χ1) is 19.2. The normalized spacial score (nSPS) is 14.9. The molecule has 13 nitrogen and oxygen atoms in total. The standard InChI is InChI=1S/C26H40NO12P/c1-3-5-6-7-8-9-10-11-18-34-20-24(21-37-40(32,33)36-4-2)38-25(28)17-19-35-26(29)39-23-14-12-13-22(15-16-23)27(30)31/h12,14-16,24H,3-11,17-21H2,1-2H3,(H,32,33)/t24-/m1/s1. The molecule has 0 amide bonds. The van der Waals surface area contributed by atoms with Gasteiger partial charge in [0.25, 0.3) is 0 Å². The first-order valence-electron chi connectivity index (χ1n) is 13.4. The van der Waals surface area contributed by atoms with E-state index in [0.29, 0.717) is 6.61 Å². The van der Waals surface area contributed by atoms with Gasteiger partial charge in [-0.2, -0.15) is 0 Å². The topological polar surface area (TPSA) is 170 Å². The van der Waals surface area contributed by atoms with Crippen LogP contribution in [0.3, 0.4) is 0 Å². The molecule has 2 atom stereocenters. The van der Waals surface area contributed by atoms with Crippen LogP contribution in [0.1, 0.15) is 71.6 Å². The number of carbonyl (C=O) groups excluding carboxylic acids is 2. The smallest absolute Gasteiger partial charge is 0.457 e. The highest BCUT2D eigenvalue weighted by atomic mass is 31.2. The number of allylic oxidation sites excluding steroid dienone is 3. The maximum absolute atomic E-state index is 12.3. The van der Waals surface area contributed by atoms with Crippen LogP contribution in [0.5, 0.6) is 0 Å². The second kappa shape index (κ2) is 21.0. The van der Waals surface area contributed by atoms with E-state index in [1.54, 1.807) is 0 Å². The van der Waals surface area contributed by atoms with E-state index >= 15 is 0 Å². The first-order valence-corrected chi connectivity index (χ1v) is 14.9.